The van der Waals surface area contributed by atoms with Gasteiger partial charge >= 0.3 is 45.6 Å². The number of rotatable bonds is 0. The summed E-state index contributed by atoms with van der Waals surface area (Å²) in [7, 11) is -4.64. The molecule has 7 heteroatoms. The van der Waals surface area contributed by atoms with Crippen LogP contribution in [0, 0.1) is 0 Å². The van der Waals surface area contributed by atoms with Crippen LogP contribution in [-0.2, 0) is 4.57 Å². The van der Waals surface area contributed by atoms with Crippen LogP contribution in [0.15, 0.2) is 0 Å². The zero-order valence-electron chi connectivity index (χ0n) is 2.70. The molecule has 0 heterocycles. The van der Waals surface area contributed by atoms with Crippen LogP contribution in [0.25, 0.3) is 0 Å². The maximum atomic E-state index is 8.88. The van der Waals surface area contributed by atoms with Crippen LogP contribution in [0.2, 0.25) is 0 Å². The fourth-order valence-corrected chi connectivity index (χ4v) is 0. The Hall–Kier alpha value is 1.59. The third-order valence-electron chi connectivity index (χ3n) is 0. The molecule has 4 nitrogen and oxygen atoms in total. The molecule has 7 heavy (non-hydrogen) atoms. The molecule has 40 valence electrons. The van der Waals surface area contributed by atoms with Gasteiger partial charge in [0.25, 0.3) is 0 Å². The molecule has 0 rings (SSSR count). The molecule has 0 atom stereocenters. The number of hydrogen-bond acceptors (Lipinski definition) is 1. The van der Waals surface area contributed by atoms with Crippen molar-refractivity contribution in [2.45, 2.75) is 0 Å². The van der Waals surface area contributed by atoms with Crippen LogP contribution in [0.5, 0.6) is 0 Å². The zero-order chi connectivity index (χ0) is 4.50. The third-order valence-corrected chi connectivity index (χ3v) is 0. The van der Waals surface area contributed by atoms with Gasteiger partial charge in [-0.05, 0) is 0 Å². The van der Waals surface area contributed by atoms with Crippen LogP contribution < -0.4 is 0 Å². The molecule has 0 spiro atoms. The van der Waals surface area contributed by atoms with E-state index in [-0.39, 0.29) is 48.7 Å². The molecule has 4 radical (unpaired) electrons. The van der Waals surface area contributed by atoms with E-state index in [2.05, 4.69) is 0 Å². The Morgan fingerprint density at radius 1 is 1.14 bits per heavy atom. The van der Waals surface area contributed by atoms with Crippen molar-refractivity contribution >= 4 is 56.5 Å². The Morgan fingerprint density at radius 2 is 1.14 bits per heavy atom. The predicted molar refractivity (Wildman–Crippen MR) is 28.6 cm³/mol. The Morgan fingerprint density at radius 3 is 1.14 bits per heavy atom. The SMILES string of the molecule is O=P(O)(O)O.[CaH2].[Si]. The Bertz CT molecular complexity index is 57.8. The second-order valence-electron chi connectivity index (χ2n) is 0.513. The molecular weight excluding hydrogens is 163 g/mol. The van der Waals surface area contributed by atoms with Crippen LogP contribution in [0.3, 0.4) is 0 Å². The van der Waals surface area contributed by atoms with Gasteiger partial charge < -0.3 is 14.7 Å². The van der Waals surface area contributed by atoms with Crippen molar-refractivity contribution in [1.29, 1.82) is 0 Å². The normalized spacial score (nSPS) is 8.43. The molecule has 0 aromatic heterocycles. The van der Waals surface area contributed by atoms with Crippen molar-refractivity contribution in [2.24, 2.45) is 0 Å². The van der Waals surface area contributed by atoms with Gasteiger partial charge in [-0.2, -0.15) is 0 Å². The van der Waals surface area contributed by atoms with Gasteiger partial charge in [-0.3, -0.25) is 0 Å². The van der Waals surface area contributed by atoms with Gasteiger partial charge in [-0.1, -0.05) is 0 Å². The summed E-state index contributed by atoms with van der Waals surface area (Å²) in [6.07, 6.45) is 0. The van der Waals surface area contributed by atoms with Crippen molar-refractivity contribution in [3.05, 3.63) is 0 Å². The molecule has 0 unspecified atom stereocenters. The van der Waals surface area contributed by atoms with Gasteiger partial charge in [-0.15, -0.1) is 0 Å². The van der Waals surface area contributed by atoms with E-state index >= 15 is 0 Å². The monoisotopic (exact) mass is 168 g/mol. The smallest absolute Gasteiger partial charge is 0 e. The molecule has 0 amide bonds. The van der Waals surface area contributed by atoms with E-state index in [1.807, 2.05) is 0 Å². The van der Waals surface area contributed by atoms with E-state index in [0.717, 1.165) is 0 Å². The summed E-state index contributed by atoms with van der Waals surface area (Å²) in [4.78, 5) is 21.6. The predicted octanol–water partition coefficient (Wildman–Crippen LogP) is -2.23. The maximum Gasteiger partial charge on any atom is 0 e. The fraction of sp³-hybridized carbons (Fsp3) is 0. The van der Waals surface area contributed by atoms with Gasteiger partial charge in [0.15, 0.2) is 0 Å². The van der Waals surface area contributed by atoms with Gasteiger partial charge in [0, 0.05) is 11.0 Å². The average molecular weight is 168 g/mol. The first-order valence-electron chi connectivity index (χ1n) is 0.783. The molecule has 0 aliphatic carbocycles. The van der Waals surface area contributed by atoms with E-state index in [9.17, 15) is 0 Å². The van der Waals surface area contributed by atoms with Gasteiger partial charge in [0.05, 0.1) is 0 Å². The van der Waals surface area contributed by atoms with Crippen LogP contribution in [0.4, 0.5) is 0 Å². The Kier molecular flexibility index (Phi) is 12.9. The van der Waals surface area contributed by atoms with E-state index in [0.29, 0.717) is 0 Å². The fourth-order valence-electron chi connectivity index (χ4n) is 0. The summed E-state index contributed by atoms with van der Waals surface area (Å²) in [6, 6.07) is 0. The van der Waals surface area contributed by atoms with Gasteiger partial charge in [0.1, 0.15) is 0 Å². The first-order chi connectivity index (χ1) is 2.00. The Labute approximate surface area is 75.2 Å². The molecule has 0 aliphatic rings. The number of hydrogen-bond donors (Lipinski definition) is 3. The minimum absolute atomic E-state index is 0. The number of phosphoric acid groups is 1. The van der Waals surface area contributed by atoms with Crippen molar-refractivity contribution in [2.75, 3.05) is 0 Å². The second kappa shape index (κ2) is 5.72. The molecule has 3 N–H and O–H groups in total. The minimum atomic E-state index is -4.64. The topological polar surface area (TPSA) is 77.8 Å². The maximum absolute atomic E-state index is 8.88. The standard InChI is InChI=1S/Ca.H3O4P.Si.2H/c;1-5(2,3)4;;;/h;(H3,1,2,3,4);;;. The summed E-state index contributed by atoms with van der Waals surface area (Å²) in [6.45, 7) is 0. The van der Waals surface area contributed by atoms with E-state index in [1.165, 1.54) is 0 Å². The largest absolute Gasteiger partial charge is 0 e. The van der Waals surface area contributed by atoms with Crippen LogP contribution in [-0.4, -0.2) is 63.4 Å². The molecule has 0 fully saturated rings. The van der Waals surface area contributed by atoms with Crippen molar-refractivity contribution in [1.82, 2.24) is 0 Å². The summed E-state index contributed by atoms with van der Waals surface area (Å²) in [5, 5.41) is 0. The van der Waals surface area contributed by atoms with Crippen LogP contribution >= 0.6 is 7.82 Å². The molecular formula is H5CaO4PSi. The Balaban J connectivity index is -0.0000000800. The molecule has 0 saturated carbocycles. The van der Waals surface area contributed by atoms with Crippen LogP contribution in [0.1, 0.15) is 0 Å². The molecule has 0 saturated heterocycles. The summed E-state index contributed by atoms with van der Waals surface area (Å²) in [5.74, 6) is 0. The average Bonchev–Trinajstić information content (AvgIpc) is 0.722. The summed E-state index contributed by atoms with van der Waals surface area (Å²) in [5.41, 5.74) is 0. The first-order valence-corrected chi connectivity index (χ1v) is 2.35. The van der Waals surface area contributed by atoms with Crippen molar-refractivity contribution in [3.63, 3.8) is 0 Å². The van der Waals surface area contributed by atoms with Crippen molar-refractivity contribution < 1.29 is 19.2 Å². The first kappa shape index (κ1) is 15.8. The molecule has 0 aliphatic heterocycles. The van der Waals surface area contributed by atoms with Gasteiger partial charge in [0.2, 0.25) is 0 Å². The van der Waals surface area contributed by atoms with E-state index in [1.54, 1.807) is 0 Å². The molecule has 0 bridgehead atoms. The quantitative estimate of drug-likeness (QED) is 0.283. The molecule has 0 aromatic carbocycles. The van der Waals surface area contributed by atoms with E-state index in [4.69, 9.17) is 19.2 Å². The summed E-state index contributed by atoms with van der Waals surface area (Å²) < 4.78 is 8.88. The van der Waals surface area contributed by atoms with Gasteiger partial charge in [-0.25, -0.2) is 4.57 Å². The summed E-state index contributed by atoms with van der Waals surface area (Å²) >= 11 is 0. The van der Waals surface area contributed by atoms with Crippen molar-refractivity contribution in [3.8, 4) is 0 Å². The molecule has 0 aromatic rings. The third kappa shape index (κ3) is 94.1. The van der Waals surface area contributed by atoms with E-state index < -0.39 is 7.82 Å². The zero-order valence-corrected chi connectivity index (χ0v) is 4.59. The minimum Gasteiger partial charge on any atom is 0 e. The second-order valence-corrected chi connectivity index (χ2v) is 1.54.